The number of aliphatic hydroxyl groups is 1. The number of nitrogens with two attached hydrogens (primary N) is 3. The molecule has 90 valence electrons. The van der Waals surface area contributed by atoms with Gasteiger partial charge in [-0.15, -0.1) is 0 Å². The van der Waals surface area contributed by atoms with Crippen molar-refractivity contribution >= 4 is 11.9 Å². The van der Waals surface area contributed by atoms with Crippen molar-refractivity contribution in [2.75, 3.05) is 12.3 Å². The highest BCUT2D eigenvalue weighted by atomic mass is 16.3. The molecule has 1 unspecified atom stereocenters. The molecular formula is C9H19N6O+. The fourth-order valence-corrected chi connectivity index (χ4v) is 1.48. The molecule has 0 amide bonds. The van der Waals surface area contributed by atoms with Crippen molar-refractivity contribution in [2.24, 2.45) is 11.5 Å². The first-order valence-electron chi connectivity index (χ1n) is 5.14. The van der Waals surface area contributed by atoms with E-state index in [1.165, 1.54) is 0 Å². The number of imidazole rings is 1. The van der Waals surface area contributed by atoms with Crippen LogP contribution in [0.1, 0.15) is 30.8 Å². The van der Waals surface area contributed by atoms with Crippen molar-refractivity contribution in [3.8, 4) is 0 Å². The molecule has 1 rings (SSSR count). The first kappa shape index (κ1) is 12.3. The molecule has 0 fully saturated rings. The molecule has 0 aromatic carbocycles. The Morgan fingerprint density at radius 1 is 1.56 bits per heavy atom. The van der Waals surface area contributed by atoms with Gasteiger partial charge >= 0.3 is 5.96 Å². The van der Waals surface area contributed by atoms with E-state index in [0.717, 1.165) is 18.5 Å². The maximum atomic E-state index is 9.46. The number of H-pyrrole nitrogens is 1. The molecule has 16 heavy (non-hydrogen) atoms. The van der Waals surface area contributed by atoms with Gasteiger partial charge in [-0.05, 0) is 19.8 Å². The average Bonchev–Trinajstić information content (AvgIpc) is 2.54. The van der Waals surface area contributed by atoms with Crippen molar-refractivity contribution in [3.05, 3.63) is 11.4 Å². The number of rotatable bonds is 5. The van der Waals surface area contributed by atoms with E-state index >= 15 is 0 Å². The van der Waals surface area contributed by atoms with E-state index in [1.807, 2.05) is 0 Å². The number of guanidine groups is 1. The molecule has 1 atom stereocenters. The van der Waals surface area contributed by atoms with Gasteiger partial charge in [-0.1, -0.05) is 0 Å². The molecule has 0 aliphatic rings. The van der Waals surface area contributed by atoms with Crippen LogP contribution >= 0.6 is 0 Å². The zero-order chi connectivity index (χ0) is 12.1. The number of aromatic amines is 1. The topological polar surface area (TPSA) is 141 Å². The summed E-state index contributed by atoms with van der Waals surface area (Å²) in [5.74, 6) is 0.531. The molecule has 9 N–H and O–H groups in total. The van der Waals surface area contributed by atoms with E-state index in [9.17, 15) is 5.11 Å². The molecule has 0 saturated heterocycles. The fourth-order valence-electron chi connectivity index (χ4n) is 1.48. The Labute approximate surface area is 93.8 Å². The van der Waals surface area contributed by atoms with Crippen LogP contribution in [0, 0.1) is 0 Å². The second-order valence-electron chi connectivity index (χ2n) is 3.65. The van der Waals surface area contributed by atoms with Crippen LogP contribution in [0.25, 0.3) is 0 Å². The summed E-state index contributed by atoms with van der Waals surface area (Å²) in [5.41, 5.74) is 17.5. The largest absolute Gasteiger partial charge is 0.387 e. The molecule has 0 radical (unpaired) electrons. The number of aliphatic hydroxyl groups excluding tert-OH is 1. The quantitative estimate of drug-likeness (QED) is 0.185. The van der Waals surface area contributed by atoms with Crippen LogP contribution in [0.15, 0.2) is 0 Å². The highest BCUT2D eigenvalue weighted by molar-refractivity contribution is 5.69. The van der Waals surface area contributed by atoms with Gasteiger partial charge in [0.25, 0.3) is 0 Å². The molecule has 1 aromatic rings. The monoisotopic (exact) mass is 227 g/mol. The van der Waals surface area contributed by atoms with Gasteiger partial charge in [0, 0.05) is 5.69 Å². The van der Waals surface area contributed by atoms with Crippen molar-refractivity contribution < 1.29 is 10.1 Å². The Bertz CT molecular complexity index is 366. The summed E-state index contributed by atoms with van der Waals surface area (Å²) in [5, 5.41) is 9.46. The van der Waals surface area contributed by atoms with Crippen LogP contribution in [-0.2, 0) is 6.42 Å². The van der Waals surface area contributed by atoms with E-state index < -0.39 is 6.10 Å². The number of aryl methyl sites for hydroxylation is 1. The summed E-state index contributed by atoms with van der Waals surface area (Å²) < 4.78 is 0. The van der Waals surface area contributed by atoms with Gasteiger partial charge in [-0.25, -0.2) is 4.98 Å². The molecule has 0 spiro atoms. The van der Waals surface area contributed by atoms with Crippen LogP contribution in [0.3, 0.4) is 0 Å². The van der Waals surface area contributed by atoms with Crippen LogP contribution < -0.4 is 22.2 Å². The number of anilines is 1. The minimum Gasteiger partial charge on any atom is -0.387 e. The van der Waals surface area contributed by atoms with Crippen molar-refractivity contribution in [1.82, 2.24) is 9.97 Å². The lowest BCUT2D eigenvalue weighted by atomic mass is 10.1. The average molecular weight is 227 g/mol. The third-order valence-electron chi connectivity index (χ3n) is 2.16. The number of nitrogen functional groups attached to an aromatic ring is 1. The van der Waals surface area contributed by atoms with Crippen molar-refractivity contribution in [3.63, 3.8) is 0 Å². The first-order chi connectivity index (χ1) is 7.50. The summed E-state index contributed by atoms with van der Waals surface area (Å²) in [6, 6.07) is 0. The predicted molar refractivity (Wildman–Crippen MR) is 61.2 cm³/mol. The van der Waals surface area contributed by atoms with Crippen LogP contribution in [0.2, 0.25) is 0 Å². The number of hydrogen-bond donors (Lipinski definition) is 6. The smallest absolute Gasteiger partial charge is 0.338 e. The SMILES string of the molecule is CC(O)c1nc(N)[nH]c1CCC[NH+]=C(N)N. The first-order valence-corrected chi connectivity index (χ1v) is 5.14. The molecule has 7 heteroatoms. The highest BCUT2D eigenvalue weighted by Crippen LogP contribution is 2.17. The lowest BCUT2D eigenvalue weighted by Gasteiger charge is -2.03. The molecule has 0 aliphatic carbocycles. The van der Waals surface area contributed by atoms with Crippen LogP contribution in [-0.4, -0.2) is 27.6 Å². The Morgan fingerprint density at radius 3 is 2.81 bits per heavy atom. The molecule has 1 aromatic heterocycles. The Balaban J connectivity index is 2.56. The second-order valence-corrected chi connectivity index (χ2v) is 3.65. The lowest BCUT2D eigenvalue weighted by Crippen LogP contribution is -2.78. The maximum Gasteiger partial charge on any atom is 0.338 e. The second kappa shape index (κ2) is 5.36. The zero-order valence-corrected chi connectivity index (χ0v) is 9.33. The van der Waals surface area contributed by atoms with Gasteiger partial charge in [-0.3, -0.25) is 16.5 Å². The van der Waals surface area contributed by atoms with Gasteiger partial charge in [0.15, 0.2) is 5.95 Å². The molecule has 0 aliphatic heterocycles. The van der Waals surface area contributed by atoms with Crippen LogP contribution in [0.4, 0.5) is 5.95 Å². The Morgan fingerprint density at radius 2 is 2.25 bits per heavy atom. The van der Waals surface area contributed by atoms with Crippen molar-refractivity contribution in [1.29, 1.82) is 0 Å². The summed E-state index contributed by atoms with van der Waals surface area (Å²) in [7, 11) is 0. The Kier molecular flexibility index (Phi) is 4.12. The van der Waals surface area contributed by atoms with E-state index in [0.29, 0.717) is 18.2 Å². The van der Waals surface area contributed by atoms with Gasteiger partial charge in [0.05, 0.1) is 18.3 Å². The van der Waals surface area contributed by atoms with E-state index in [2.05, 4.69) is 15.0 Å². The number of nitrogens with zero attached hydrogens (tertiary/aromatic N) is 1. The minimum absolute atomic E-state index is 0.208. The maximum absolute atomic E-state index is 9.46. The lowest BCUT2D eigenvalue weighted by molar-refractivity contribution is -0.459. The number of hydrogen-bond acceptors (Lipinski definition) is 3. The number of nitrogens with one attached hydrogen (secondary N) is 2. The molecule has 0 bridgehead atoms. The molecular weight excluding hydrogens is 208 g/mol. The third-order valence-corrected chi connectivity index (χ3v) is 2.16. The summed E-state index contributed by atoms with van der Waals surface area (Å²) in [6.45, 7) is 2.32. The number of aromatic nitrogens is 2. The molecule has 0 saturated carbocycles. The Hall–Kier alpha value is -1.76. The molecule has 7 nitrogen and oxygen atoms in total. The van der Waals surface area contributed by atoms with Gasteiger partial charge in [0.1, 0.15) is 0 Å². The van der Waals surface area contributed by atoms with Crippen LogP contribution in [0.5, 0.6) is 0 Å². The standard InChI is InChI=1S/C9H18N6O/c1-5(16)7-6(14-9(12)15-7)3-2-4-13-8(10)11/h5,16H,2-4H2,1H3,(H4,10,11,13)(H3,12,14,15)/p+1. The van der Waals surface area contributed by atoms with Gasteiger partial charge in [-0.2, -0.15) is 0 Å². The highest BCUT2D eigenvalue weighted by Gasteiger charge is 2.12. The summed E-state index contributed by atoms with van der Waals surface area (Å²) in [4.78, 5) is 9.76. The zero-order valence-electron chi connectivity index (χ0n) is 9.33. The van der Waals surface area contributed by atoms with E-state index in [1.54, 1.807) is 6.92 Å². The van der Waals surface area contributed by atoms with E-state index in [4.69, 9.17) is 17.2 Å². The third kappa shape index (κ3) is 3.43. The van der Waals surface area contributed by atoms with Crippen molar-refractivity contribution in [2.45, 2.75) is 25.9 Å². The minimum atomic E-state index is -0.623. The fraction of sp³-hybridized carbons (Fsp3) is 0.556. The summed E-state index contributed by atoms with van der Waals surface area (Å²) >= 11 is 0. The van der Waals surface area contributed by atoms with E-state index in [-0.39, 0.29) is 5.96 Å². The predicted octanol–water partition coefficient (Wildman–Crippen LogP) is -2.67. The van der Waals surface area contributed by atoms with Gasteiger partial charge < -0.3 is 15.8 Å². The normalized spacial score (nSPS) is 12.4. The van der Waals surface area contributed by atoms with Gasteiger partial charge in [0.2, 0.25) is 0 Å². The molecule has 1 heterocycles. The summed E-state index contributed by atoms with van der Waals surface area (Å²) in [6.07, 6.45) is 0.923.